The van der Waals surface area contributed by atoms with Gasteiger partial charge in [0.1, 0.15) is 0 Å². The van der Waals surface area contributed by atoms with Gasteiger partial charge in [-0.05, 0) is 36.7 Å². The first-order valence-corrected chi connectivity index (χ1v) is 6.03. The fourth-order valence-electron chi connectivity index (χ4n) is 1.93. The van der Waals surface area contributed by atoms with E-state index in [1.54, 1.807) is 0 Å². The second-order valence-corrected chi connectivity index (χ2v) is 4.83. The molecule has 1 aliphatic rings. The number of alkyl halides is 1. The zero-order valence-electron chi connectivity index (χ0n) is 7.45. The van der Waals surface area contributed by atoms with Crippen LogP contribution in [0.1, 0.15) is 31.4 Å². The lowest BCUT2D eigenvalue weighted by molar-refractivity contribution is 0.361. The van der Waals surface area contributed by atoms with E-state index < -0.39 is 0 Å². The Kier molecular flexibility index (Phi) is 3.17. The highest BCUT2D eigenvalue weighted by molar-refractivity contribution is 7.03. The molecule has 2 atom stereocenters. The van der Waals surface area contributed by atoms with E-state index in [1.807, 2.05) is 5.38 Å². The molecule has 1 aromatic heterocycles. The van der Waals surface area contributed by atoms with Gasteiger partial charge in [-0.25, -0.2) is 0 Å². The molecule has 1 fully saturated rings. The fraction of sp³-hybridized carbons (Fsp3) is 0.778. The highest BCUT2D eigenvalue weighted by Gasteiger charge is 2.23. The van der Waals surface area contributed by atoms with Crippen LogP contribution in [-0.4, -0.2) is 15.0 Å². The molecule has 0 radical (unpaired) electrons. The standard InChI is InChI=1S/C9H13ClN2S/c10-9-4-2-1-3-7(9)5-8-6-13-12-11-8/h6-7,9H,1-5H2. The SMILES string of the molecule is ClC1CCCCC1Cc1csnn1. The Morgan fingerprint density at radius 2 is 2.31 bits per heavy atom. The summed E-state index contributed by atoms with van der Waals surface area (Å²) < 4.78 is 3.86. The number of halogens is 1. The van der Waals surface area contributed by atoms with Crippen molar-refractivity contribution in [3.05, 3.63) is 11.1 Å². The van der Waals surface area contributed by atoms with Gasteiger partial charge in [0, 0.05) is 10.8 Å². The highest BCUT2D eigenvalue weighted by atomic mass is 35.5. The molecule has 1 aromatic rings. The summed E-state index contributed by atoms with van der Waals surface area (Å²) in [5.41, 5.74) is 1.11. The molecule has 1 saturated carbocycles. The smallest absolute Gasteiger partial charge is 0.0758 e. The Labute approximate surface area is 87.5 Å². The molecule has 72 valence electrons. The summed E-state index contributed by atoms with van der Waals surface area (Å²) in [6.45, 7) is 0. The zero-order valence-corrected chi connectivity index (χ0v) is 9.02. The predicted octanol–water partition coefficient (Wildman–Crippen LogP) is 2.88. The van der Waals surface area contributed by atoms with Gasteiger partial charge in [-0.1, -0.05) is 17.3 Å². The third-order valence-electron chi connectivity index (χ3n) is 2.69. The van der Waals surface area contributed by atoms with Gasteiger partial charge in [0.05, 0.1) is 5.69 Å². The minimum atomic E-state index is 0.357. The summed E-state index contributed by atoms with van der Waals surface area (Å²) in [4.78, 5) is 0. The predicted molar refractivity (Wildman–Crippen MR) is 55.2 cm³/mol. The molecule has 0 spiro atoms. The number of nitrogens with zero attached hydrogens (tertiary/aromatic N) is 2. The third-order valence-corrected chi connectivity index (χ3v) is 3.82. The van der Waals surface area contributed by atoms with Crippen molar-refractivity contribution in [1.82, 2.24) is 9.59 Å². The van der Waals surface area contributed by atoms with E-state index in [9.17, 15) is 0 Å². The summed E-state index contributed by atoms with van der Waals surface area (Å²) in [5, 5.41) is 6.44. The average Bonchev–Trinajstić information content (AvgIpc) is 2.61. The molecule has 13 heavy (non-hydrogen) atoms. The minimum Gasteiger partial charge on any atom is -0.143 e. The van der Waals surface area contributed by atoms with E-state index in [2.05, 4.69) is 9.59 Å². The van der Waals surface area contributed by atoms with Crippen LogP contribution in [-0.2, 0) is 6.42 Å². The highest BCUT2D eigenvalue weighted by Crippen LogP contribution is 2.30. The molecule has 0 aliphatic heterocycles. The van der Waals surface area contributed by atoms with Crippen LogP contribution < -0.4 is 0 Å². The van der Waals surface area contributed by atoms with Crippen LogP contribution in [0, 0.1) is 5.92 Å². The van der Waals surface area contributed by atoms with Crippen LogP contribution in [0.15, 0.2) is 5.38 Å². The van der Waals surface area contributed by atoms with Gasteiger partial charge >= 0.3 is 0 Å². The van der Waals surface area contributed by atoms with Crippen molar-refractivity contribution < 1.29 is 0 Å². The second kappa shape index (κ2) is 4.38. The first-order valence-electron chi connectivity index (χ1n) is 4.76. The Morgan fingerprint density at radius 1 is 1.46 bits per heavy atom. The Bertz CT molecular complexity index is 250. The number of hydrogen-bond donors (Lipinski definition) is 0. The van der Waals surface area contributed by atoms with Gasteiger partial charge in [0.15, 0.2) is 0 Å². The van der Waals surface area contributed by atoms with Gasteiger partial charge in [0.2, 0.25) is 0 Å². The number of rotatable bonds is 2. The molecule has 2 unspecified atom stereocenters. The third kappa shape index (κ3) is 2.41. The lowest BCUT2D eigenvalue weighted by Gasteiger charge is -2.26. The molecule has 4 heteroatoms. The summed E-state index contributed by atoms with van der Waals surface area (Å²) >= 11 is 7.68. The molecular formula is C9H13ClN2S. The van der Waals surface area contributed by atoms with Crippen molar-refractivity contribution in [3.63, 3.8) is 0 Å². The summed E-state index contributed by atoms with van der Waals surface area (Å²) in [7, 11) is 0. The van der Waals surface area contributed by atoms with Crippen LogP contribution in [0.3, 0.4) is 0 Å². The maximum atomic E-state index is 6.25. The van der Waals surface area contributed by atoms with E-state index in [1.165, 1.54) is 37.2 Å². The molecule has 1 heterocycles. The molecule has 0 bridgehead atoms. The van der Waals surface area contributed by atoms with Crippen LogP contribution in [0.2, 0.25) is 0 Å². The summed E-state index contributed by atoms with van der Waals surface area (Å²) in [5.74, 6) is 0.624. The number of hydrogen-bond acceptors (Lipinski definition) is 3. The lowest BCUT2D eigenvalue weighted by Crippen LogP contribution is -2.21. The summed E-state index contributed by atoms with van der Waals surface area (Å²) in [6, 6.07) is 0. The van der Waals surface area contributed by atoms with Crippen LogP contribution in [0.4, 0.5) is 0 Å². The van der Waals surface area contributed by atoms with Gasteiger partial charge in [-0.3, -0.25) is 0 Å². The molecular weight excluding hydrogens is 204 g/mol. The molecule has 0 N–H and O–H groups in total. The molecule has 0 amide bonds. The lowest BCUT2D eigenvalue weighted by atomic mass is 9.86. The van der Waals surface area contributed by atoms with Gasteiger partial charge in [-0.2, -0.15) is 0 Å². The van der Waals surface area contributed by atoms with Crippen molar-refractivity contribution in [3.8, 4) is 0 Å². The van der Waals surface area contributed by atoms with Crippen molar-refractivity contribution in [2.45, 2.75) is 37.5 Å². The molecule has 0 aromatic carbocycles. The van der Waals surface area contributed by atoms with Gasteiger partial charge < -0.3 is 0 Å². The van der Waals surface area contributed by atoms with Crippen molar-refractivity contribution >= 4 is 23.1 Å². The molecule has 2 rings (SSSR count). The van der Waals surface area contributed by atoms with Gasteiger partial charge in [-0.15, -0.1) is 16.7 Å². The fourth-order valence-corrected chi connectivity index (χ4v) is 2.77. The van der Waals surface area contributed by atoms with E-state index in [4.69, 9.17) is 11.6 Å². The first-order chi connectivity index (χ1) is 6.36. The minimum absolute atomic E-state index is 0.357. The van der Waals surface area contributed by atoms with Gasteiger partial charge in [0.25, 0.3) is 0 Å². The van der Waals surface area contributed by atoms with Crippen LogP contribution in [0.25, 0.3) is 0 Å². The Balaban J connectivity index is 1.93. The Morgan fingerprint density at radius 3 is 3.00 bits per heavy atom. The normalized spacial score (nSPS) is 29.0. The van der Waals surface area contributed by atoms with E-state index in [-0.39, 0.29) is 0 Å². The molecule has 2 nitrogen and oxygen atoms in total. The van der Waals surface area contributed by atoms with Crippen molar-refractivity contribution in [2.24, 2.45) is 5.92 Å². The molecule has 1 aliphatic carbocycles. The largest absolute Gasteiger partial charge is 0.143 e. The Hall–Kier alpha value is -0.150. The average molecular weight is 217 g/mol. The van der Waals surface area contributed by atoms with Crippen LogP contribution >= 0.6 is 23.1 Å². The van der Waals surface area contributed by atoms with E-state index >= 15 is 0 Å². The molecule has 0 saturated heterocycles. The van der Waals surface area contributed by atoms with E-state index in [0.29, 0.717) is 11.3 Å². The maximum Gasteiger partial charge on any atom is 0.0758 e. The number of aromatic nitrogens is 2. The van der Waals surface area contributed by atoms with Crippen molar-refractivity contribution in [1.29, 1.82) is 0 Å². The second-order valence-electron chi connectivity index (χ2n) is 3.66. The quantitative estimate of drug-likeness (QED) is 0.711. The van der Waals surface area contributed by atoms with E-state index in [0.717, 1.165) is 12.1 Å². The first kappa shape index (κ1) is 9.41. The summed E-state index contributed by atoms with van der Waals surface area (Å²) in [6.07, 6.45) is 6.06. The topological polar surface area (TPSA) is 25.8 Å². The van der Waals surface area contributed by atoms with Crippen LogP contribution in [0.5, 0.6) is 0 Å². The monoisotopic (exact) mass is 216 g/mol. The van der Waals surface area contributed by atoms with Crippen molar-refractivity contribution in [2.75, 3.05) is 0 Å². The zero-order chi connectivity index (χ0) is 9.10. The maximum absolute atomic E-state index is 6.25.